The van der Waals surface area contributed by atoms with Gasteiger partial charge in [0.05, 0.1) is 6.61 Å². The first-order valence-electron chi connectivity index (χ1n) is 10.3. The molecular weight excluding hydrogens is 336 g/mol. The highest BCUT2D eigenvalue weighted by molar-refractivity contribution is 5.12. The molecule has 2 saturated carbocycles. The van der Waals surface area contributed by atoms with E-state index in [2.05, 4.69) is 6.58 Å². The molecule has 0 amide bonds. The molecule has 146 valence electrons. The van der Waals surface area contributed by atoms with Gasteiger partial charge in [0.1, 0.15) is 24.4 Å². The van der Waals surface area contributed by atoms with Crippen LogP contribution in [0.15, 0.2) is 12.7 Å². The Balaban J connectivity index is 1.37. The van der Waals surface area contributed by atoms with Crippen molar-refractivity contribution >= 4 is 0 Å². The minimum absolute atomic E-state index is 0.253. The SMILES string of the molecule is C=CC1(O)OC(C2COC3(CCCCC3)O2)C2OC3(CCCCC3)OC21. The van der Waals surface area contributed by atoms with Crippen LogP contribution >= 0.6 is 0 Å². The van der Waals surface area contributed by atoms with Gasteiger partial charge in [0.2, 0.25) is 5.79 Å². The highest BCUT2D eigenvalue weighted by Gasteiger charge is 2.66. The molecule has 3 heterocycles. The predicted molar refractivity (Wildman–Crippen MR) is 92.2 cm³/mol. The van der Waals surface area contributed by atoms with Crippen molar-refractivity contribution in [2.75, 3.05) is 6.61 Å². The summed E-state index contributed by atoms with van der Waals surface area (Å²) in [6, 6.07) is 0. The highest BCUT2D eigenvalue weighted by atomic mass is 16.8. The van der Waals surface area contributed by atoms with Crippen LogP contribution in [0.5, 0.6) is 0 Å². The molecule has 0 aromatic carbocycles. The molecule has 26 heavy (non-hydrogen) atoms. The Hall–Kier alpha value is -0.500. The summed E-state index contributed by atoms with van der Waals surface area (Å²) in [6.07, 6.45) is 10.3. The Morgan fingerprint density at radius 1 is 0.769 bits per heavy atom. The molecule has 3 saturated heterocycles. The van der Waals surface area contributed by atoms with Crippen molar-refractivity contribution in [2.24, 2.45) is 0 Å². The zero-order valence-corrected chi connectivity index (χ0v) is 15.4. The molecule has 5 rings (SSSR count). The molecule has 5 unspecified atom stereocenters. The first-order valence-corrected chi connectivity index (χ1v) is 10.3. The molecule has 5 aliphatic rings. The van der Waals surface area contributed by atoms with Crippen LogP contribution in [0.25, 0.3) is 0 Å². The van der Waals surface area contributed by atoms with Crippen LogP contribution < -0.4 is 0 Å². The molecule has 2 aliphatic carbocycles. The number of aliphatic hydroxyl groups is 1. The zero-order chi connectivity index (χ0) is 17.8. The predicted octanol–water partition coefficient (Wildman–Crippen LogP) is 2.78. The lowest BCUT2D eigenvalue weighted by Gasteiger charge is -2.36. The summed E-state index contributed by atoms with van der Waals surface area (Å²) in [7, 11) is 0. The standard InChI is InChI=1S/C20H30O6/c1-2-20(21)17-16(24-19(26-17)11-7-4-8-12-19)15(25-20)14-13-22-18(23-14)9-5-3-6-10-18/h2,14-17,21H,1,3-13H2. The van der Waals surface area contributed by atoms with Gasteiger partial charge in [-0.3, -0.25) is 0 Å². The Labute approximate surface area is 154 Å². The molecule has 0 aromatic rings. The van der Waals surface area contributed by atoms with Crippen molar-refractivity contribution in [3.63, 3.8) is 0 Å². The lowest BCUT2D eigenvalue weighted by atomic mass is 9.94. The Kier molecular flexibility index (Phi) is 4.23. The van der Waals surface area contributed by atoms with Gasteiger partial charge in [0.15, 0.2) is 11.6 Å². The monoisotopic (exact) mass is 366 g/mol. The average molecular weight is 366 g/mol. The summed E-state index contributed by atoms with van der Waals surface area (Å²) < 4.78 is 31.2. The first kappa shape index (κ1) is 17.6. The number of rotatable bonds is 2. The van der Waals surface area contributed by atoms with Crippen molar-refractivity contribution in [1.29, 1.82) is 0 Å². The minimum Gasteiger partial charge on any atom is -0.360 e. The van der Waals surface area contributed by atoms with Crippen molar-refractivity contribution in [3.8, 4) is 0 Å². The summed E-state index contributed by atoms with van der Waals surface area (Å²) in [4.78, 5) is 0. The van der Waals surface area contributed by atoms with Crippen LogP contribution in [0.3, 0.4) is 0 Å². The van der Waals surface area contributed by atoms with Crippen molar-refractivity contribution in [2.45, 2.75) is 106 Å². The van der Waals surface area contributed by atoms with Crippen LogP contribution in [-0.4, -0.2) is 53.5 Å². The Bertz CT molecular complexity index is 553. The first-order chi connectivity index (χ1) is 12.6. The number of hydrogen-bond donors (Lipinski definition) is 1. The van der Waals surface area contributed by atoms with E-state index >= 15 is 0 Å². The quantitative estimate of drug-likeness (QED) is 0.758. The minimum atomic E-state index is -1.54. The van der Waals surface area contributed by atoms with Gasteiger partial charge in [-0.25, -0.2) is 0 Å². The summed E-state index contributed by atoms with van der Waals surface area (Å²) >= 11 is 0. The second-order valence-corrected chi connectivity index (χ2v) is 8.57. The van der Waals surface area contributed by atoms with E-state index in [1.54, 1.807) is 0 Å². The van der Waals surface area contributed by atoms with Crippen molar-refractivity contribution in [3.05, 3.63) is 12.7 Å². The van der Waals surface area contributed by atoms with Crippen LogP contribution in [-0.2, 0) is 23.7 Å². The smallest absolute Gasteiger partial charge is 0.215 e. The topological polar surface area (TPSA) is 66.4 Å². The van der Waals surface area contributed by atoms with E-state index in [9.17, 15) is 5.11 Å². The second kappa shape index (κ2) is 6.26. The maximum absolute atomic E-state index is 11.0. The van der Waals surface area contributed by atoms with Crippen molar-refractivity contribution in [1.82, 2.24) is 0 Å². The molecule has 6 nitrogen and oxygen atoms in total. The van der Waals surface area contributed by atoms with E-state index < -0.39 is 29.6 Å². The van der Waals surface area contributed by atoms with Crippen molar-refractivity contribution < 1.29 is 28.8 Å². The van der Waals surface area contributed by atoms with E-state index in [1.807, 2.05) is 0 Å². The van der Waals surface area contributed by atoms with Gasteiger partial charge in [0.25, 0.3) is 0 Å². The van der Waals surface area contributed by atoms with Gasteiger partial charge in [-0.1, -0.05) is 19.4 Å². The normalized spacial score (nSPS) is 46.7. The van der Waals surface area contributed by atoms with Crippen LogP contribution in [0.1, 0.15) is 64.2 Å². The third-order valence-corrected chi connectivity index (χ3v) is 6.81. The van der Waals surface area contributed by atoms with Gasteiger partial charge < -0.3 is 28.8 Å². The molecule has 6 heteroatoms. The molecule has 0 radical (unpaired) electrons. The molecule has 5 fully saturated rings. The fourth-order valence-corrected chi connectivity index (χ4v) is 5.42. The third kappa shape index (κ3) is 2.69. The summed E-state index contributed by atoms with van der Waals surface area (Å²) in [5.74, 6) is -2.60. The average Bonchev–Trinajstić information content (AvgIpc) is 3.30. The lowest BCUT2D eigenvalue weighted by molar-refractivity contribution is -0.283. The third-order valence-electron chi connectivity index (χ3n) is 6.81. The maximum Gasteiger partial charge on any atom is 0.215 e. The summed E-state index contributed by atoms with van der Waals surface area (Å²) in [5.41, 5.74) is 0. The second-order valence-electron chi connectivity index (χ2n) is 8.57. The van der Waals surface area contributed by atoms with Gasteiger partial charge in [-0.15, -0.1) is 0 Å². The molecule has 0 bridgehead atoms. The largest absolute Gasteiger partial charge is 0.360 e. The Morgan fingerprint density at radius 3 is 2.08 bits per heavy atom. The van der Waals surface area contributed by atoms with Gasteiger partial charge >= 0.3 is 0 Å². The number of hydrogen-bond acceptors (Lipinski definition) is 6. The van der Waals surface area contributed by atoms with Gasteiger partial charge in [0, 0.05) is 25.7 Å². The maximum atomic E-state index is 11.0. The van der Waals surface area contributed by atoms with Gasteiger partial charge in [-0.2, -0.15) is 0 Å². The number of fused-ring (bicyclic) bond motifs is 1. The van der Waals surface area contributed by atoms with E-state index in [0.717, 1.165) is 51.4 Å². The van der Waals surface area contributed by atoms with E-state index in [4.69, 9.17) is 23.7 Å². The molecular formula is C20H30O6. The number of ether oxygens (including phenoxy) is 5. The van der Waals surface area contributed by atoms with Crippen LogP contribution in [0, 0.1) is 0 Å². The van der Waals surface area contributed by atoms with E-state index in [-0.39, 0.29) is 12.2 Å². The molecule has 0 aromatic heterocycles. The van der Waals surface area contributed by atoms with Gasteiger partial charge in [-0.05, 0) is 31.8 Å². The Morgan fingerprint density at radius 2 is 1.42 bits per heavy atom. The zero-order valence-electron chi connectivity index (χ0n) is 15.4. The fraction of sp³-hybridized carbons (Fsp3) is 0.900. The van der Waals surface area contributed by atoms with Crippen LogP contribution in [0.2, 0.25) is 0 Å². The fourth-order valence-electron chi connectivity index (χ4n) is 5.42. The molecule has 2 spiro atoms. The molecule has 5 atom stereocenters. The summed E-state index contributed by atoms with van der Waals surface area (Å²) in [5, 5.41) is 11.0. The lowest BCUT2D eigenvalue weighted by Crippen LogP contribution is -2.44. The highest BCUT2D eigenvalue weighted by Crippen LogP contribution is 2.51. The van der Waals surface area contributed by atoms with E-state index in [1.165, 1.54) is 18.9 Å². The molecule has 3 aliphatic heterocycles. The van der Waals surface area contributed by atoms with Crippen LogP contribution in [0.4, 0.5) is 0 Å². The summed E-state index contributed by atoms with van der Waals surface area (Å²) in [6.45, 7) is 4.24. The molecule has 1 N–H and O–H groups in total. The van der Waals surface area contributed by atoms with E-state index in [0.29, 0.717) is 6.61 Å².